The number of aromatic nitrogens is 1. The van der Waals surface area contributed by atoms with Crippen LogP contribution in [-0.2, 0) is 17.8 Å². The summed E-state index contributed by atoms with van der Waals surface area (Å²) in [5.74, 6) is 0.526. The van der Waals surface area contributed by atoms with Gasteiger partial charge in [-0.25, -0.2) is 4.79 Å². The molecule has 1 aromatic heterocycles. The molecule has 0 bridgehead atoms. The molecule has 1 aliphatic rings. The van der Waals surface area contributed by atoms with Crippen molar-refractivity contribution in [3.8, 4) is 5.75 Å². The first-order chi connectivity index (χ1) is 19.2. The van der Waals surface area contributed by atoms with Crippen LogP contribution < -0.4 is 15.4 Å². The van der Waals surface area contributed by atoms with Crippen LogP contribution in [0.3, 0.4) is 0 Å². The molecule has 3 N–H and O–H groups in total. The monoisotopic (exact) mass is 545 g/mol. The van der Waals surface area contributed by atoms with Crippen LogP contribution >= 0.6 is 0 Å². The molecule has 9 heteroatoms. The Balaban J connectivity index is 1.55. The Morgan fingerprint density at radius 2 is 1.80 bits per heavy atom. The van der Waals surface area contributed by atoms with Gasteiger partial charge in [0.15, 0.2) is 0 Å². The van der Waals surface area contributed by atoms with Gasteiger partial charge in [0.1, 0.15) is 11.9 Å². The molecular formula is C31H39N5O4. The van der Waals surface area contributed by atoms with E-state index in [1.54, 1.807) is 29.4 Å². The molecule has 40 heavy (non-hydrogen) atoms. The lowest BCUT2D eigenvalue weighted by atomic mass is 10.0. The Bertz CT molecular complexity index is 1280. The second-order valence-corrected chi connectivity index (χ2v) is 10.7. The number of nitrogens with one attached hydrogen (secondary N) is 2. The number of carbonyl (C=O) groups excluding carboxylic acids is 2. The van der Waals surface area contributed by atoms with E-state index in [0.29, 0.717) is 35.8 Å². The van der Waals surface area contributed by atoms with Gasteiger partial charge in [-0.3, -0.25) is 14.7 Å². The van der Waals surface area contributed by atoms with Crippen molar-refractivity contribution in [1.29, 1.82) is 0 Å². The Morgan fingerprint density at radius 1 is 1.12 bits per heavy atom. The number of rotatable bonds is 8. The van der Waals surface area contributed by atoms with Crippen molar-refractivity contribution >= 4 is 23.3 Å². The van der Waals surface area contributed by atoms with Crippen LogP contribution in [0.25, 0.3) is 0 Å². The maximum absolute atomic E-state index is 13.4. The number of nitrogens with zero attached hydrogens (tertiary/aromatic N) is 3. The lowest BCUT2D eigenvalue weighted by molar-refractivity contribution is -0.134. The number of hydrogen-bond donors (Lipinski definition) is 3. The third-order valence-corrected chi connectivity index (χ3v) is 7.18. The fraction of sp³-hybridized carbons (Fsp3) is 0.387. The highest BCUT2D eigenvalue weighted by Crippen LogP contribution is 2.29. The van der Waals surface area contributed by atoms with E-state index in [-0.39, 0.29) is 43.0 Å². The van der Waals surface area contributed by atoms with Gasteiger partial charge in [0.25, 0.3) is 0 Å². The number of benzene rings is 2. The molecule has 0 spiro atoms. The highest BCUT2D eigenvalue weighted by atomic mass is 16.5. The second kappa shape index (κ2) is 13.4. The maximum atomic E-state index is 13.4. The standard InChI is InChI=1S/C31H39N5O4/c1-21-5-7-26(8-6-21)33-31(39)34-27-9-10-28-25(15-27)16-30(38)36(23(3)20-37)17-22(2)29(40-28)19-35(4)18-24-11-13-32-14-12-24/h5-15,22-23,29,37H,16-20H2,1-4H3,(H2,33,34,39)/t22-,23+,29+/m1/s1. The Morgan fingerprint density at radius 3 is 2.50 bits per heavy atom. The largest absolute Gasteiger partial charge is 0.488 e. The van der Waals surface area contributed by atoms with Crippen LogP contribution in [0.1, 0.15) is 30.5 Å². The molecule has 2 heterocycles. The quantitative estimate of drug-likeness (QED) is 0.389. The summed E-state index contributed by atoms with van der Waals surface area (Å²) in [6.07, 6.45) is 3.45. The topological polar surface area (TPSA) is 107 Å². The van der Waals surface area contributed by atoms with Gasteiger partial charge in [0, 0.05) is 54.9 Å². The number of likely N-dealkylation sites (N-methyl/N-ethyl adjacent to an activating group) is 1. The summed E-state index contributed by atoms with van der Waals surface area (Å²) >= 11 is 0. The summed E-state index contributed by atoms with van der Waals surface area (Å²) in [7, 11) is 2.04. The van der Waals surface area contributed by atoms with Crippen LogP contribution in [0.15, 0.2) is 67.0 Å². The molecule has 0 saturated carbocycles. The van der Waals surface area contributed by atoms with E-state index >= 15 is 0 Å². The van der Waals surface area contributed by atoms with Crippen molar-refractivity contribution in [3.05, 3.63) is 83.7 Å². The number of pyridine rings is 1. The number of aliphatic hydroxyl groups is 1. The van der Waals surface area contributed by atoms with Gasteiger partial charge >= 0.3 is 6.03 Å². The summed E-state index contributed by atoms with van der Waals surface area (Å²) in [6.45, 7) is 7.62. The third-order valence-electron chi connectivity index (χ3n) is 7.18. The molecule has 0 unspecified atom stereocenters. The Labute approximate surface area is 236 Å². The smallest absolute Gasteiger partial charge is 0.323 e. The van der Waals surface area contributed by atoms with Gasteiger partial charge < -0.3 is 25.4 Å². The van der Waals surface area contributed by atoms with Crippen molar-refractivity contribution in [2.24, 2.45) is 5.92 Å². The van der Waals surface area contributed by atoms with Crippen LogP contribution in [-0.4, -0.2) is 70.7 Å². The Hall–Kier alpha value is -3.95. The zero-order valence-electron chi connectivity index (χ0n) is 23.6. The highest BCUT2D eigenvalue weighted by Gasteiger charge is 2.31. The first-order valence-corrected chi connectivity index (χ1v) is 13.6. The van der Waals surface area contributed by atoms with Gasteiger partial charge in [-0.1, -0.05) is 24.6 Å². The molecule has 3 aromatic rings. The van der Waals surface area contributed by atoms with Gasteiger partial charge in [0.2, 0.25) is 5.91 Å². The SMILES string of the molecule is Cc1ccc(NC(=O)Nc2ccc3c(c2)CC(=O)N([C@@H](C)CO)C[C@@H](C)[C@H](CN(C)Cc2ccncc2)O3)cc1. The first kappa shape index (κ1) is 29.0. The number of ether oxygens (including phenoxy) is 1. The second-order valence-electron chi connectivity index (χ2n) is 10.7. The number of carbonyl (C=O) groups is 2. The number of fused-ring (bicyclic) bond motifs is 1. The zero-order chi connectivity index (χ0) is 28.6. The molecule has 3 amide bonds. The summed E-state index contributed by atoms with van der Waals surface area (Å²) in [5.41, 5.74) is 4.18. The van der Waals surface area contributed by atoms with Crippen LogP contribution in [0.4, 0.5) is 16.2 Å². The number of urea groups is 1. The molecule has 2 aromatic carbocycles. The minimum Gasteiger partial charge on any atom is -0.488 e. The number of aryl methyl sites for hydroxylation is 1. The normalized spacial score (nSPS) is 18.1. The number of aliphatic hydroxyl groups excluding tert-OH is 1. The van der Waals surface area contributed by atoms with Crippen LogP contribution in [0, 0.1) is 12.8 Å². The summed E-state index contributed by atoms with van der Waals surface area (Å²) in [6, 6.07) is 16.2. The van der Waals surface area contributed by atoms with Crippen LogP contribution in [0.5, 0.6) is 5.75 Å². The molecule has 0 radical (unpaired) electrons. The predicted molar refractivity (Wildman–Crippen MR) is 156 cm³/mol. The minimum absolute atomic E-state index is 0.00174. The molecule has 3 atom stereocenters. The van der Waals surface area contributed by atoms with E-state index in [4.69, 9.17) is 4.74 Å². The van der Waals surface area contributed by atoms with E-state index in [9.17, 15) is 14.7 Å². The third kappa shape index (κ3) is 7.80. The number of amides is 3. The maximum Gasteiger partial charge on any atom is 0.323 e. The van der Waals surface area contributed by atoms with E-state index < -0.39 is 0 Å². The van der Waals surface area contributed by atoms with Crippen molar-refractivity contribution in [3.63, 3.8) is 0 Å². The van der Waals surface area contributed by atoms with E-state index in [0.717, 1.165) is 17.7 Å². The van der Waals surface area contributed by atoms with E-state index in [2.05, 4.69) is 27.4 Å². The average Bonchev–Trinajstić information content (AvgIpc) is 2.97. The molecular weight excluding hydrogens is 506 g/mol. The summed E-state index contributed by atoms with van der Waals surface area (Å²) in [5, 5.41) is 15.6. The molecule has 212 valence electrons. The van der Waals surface area contributed by atoms with Crippen LogP contribution in [0.2, 0.25) is 0 Å². The van der Waals surface area contributed by atoms with Crippen molar-refractivity contribution in [1.82, 2.24) is 14.8 Å². The average molecular weight is 546 g/mol. The summed E-state index contributed by atoms with van der Waals surface area (Å²) < 4.78 is 6.59. The van der Waals surface area contributed by atoms with Gasteiger partial charge in [-0.15, -0.1) is 0 Å². The number of hydrogen-bond acceptors (Lipinski definition) is 6. The lowest BCUT2D eigenvalue weighted by Gasteiger charge is -2.34. The van der Waals surface area contributed by atoms with Gasteiger partial charge in [-0.05, 0) is 68.9 Å². The first-order valence-electron chi connectivity index (χ1n) is 13.6. The van der Waals surface area contributed by atoms with Crippen molar-refractivity contribution in [2.45, 2.75) is 45.9 Å². The van der Waals surface area contributed by atoms with Gasteiger partial charge in [-0.2, -0.15) is 0 Å². The van der Waals surface area contributed by atoms with Crippen molar-refractivity contribution < 1.29 is 19.4 Å². The molecule has 9 nitrogen and oxygen atoms in total. The van der Waals surface area contributed by atoms with Crippen molar-refractivity contribution in [2.75, 3.05) is 37.4 Å². The minimum atomic E-state index is -0.376. The highest BCUT2D eigenvalue weighted by molar-refractivity contribution is 6.00. The number of anilines is 2. The predicted octanol–water partition coefficient (Wildman–Crippen LogP) is 4.32. The molecule has 4 rings (SSSR count). The molecule has 0 aliphatic carbocycles. The molecule has 1 aliphatic heterocycles. The zero-order valence-corrected chi connectivity index (χ0v) is 23.6. The molecule has 0 fully saturated rings. The van der Waals surface area contributed by atoms with E-state index in [1.165, 1.54) is 0 Å². The van der Waals surface area contributed by atoms with E-state index in [1.807, 2.05) is 63.4 Å². The fourth-order valence-corrected chi connectivity index (χ4v) is 4.83. The molecule has 0 saturated heterocycles. The lowest BCUT2D eigenvalue weighted by Crippen LogP contribution is -2.47. The van der Waals surface area contributed by atoms with Gasteiger partial charge in [0.05, 0.1) is 19.1 Å². The fourth-order valence-electron chi connectivity index (χ4n) is 4.83. The Kier molecular flexibility index (Phi) is 9.74. The summed E-state index contributed by atoms with van der Waals surface area (Å²) in [4.78, 5) is 34.1.